The van der Waals surface area contributed by atoms with E-state index in [9.17, 15) is 28.0 Å². The van der Waals surface area contributed by atoms with Crippen molar-refractivity contribution >= 4 is 24.4 Å². The third-order valence-electron chi connectivity index (χ3n) is 5.60. The van der Waals surface area contributed by atoms with Crippen molar-refractivity contribution in [3.8, 4) is 0 Å². The van der Waals surface area contributed by atoms with Crippen LogP contribution >= 0.6 is 0 Å². The minimum absolute atomic E-state index is 0.130. The summed E-state index contributed by atoms with van der Waals surface area (Å²) in [5.74, 6) is -3.42. The van der Waals surface area contributed by atoms with E-state index in [-0.39, 0.29) is 25.4 Å². The second kappa shape index (κ2) is 24.3. The lowest BCUT2D eigenvalue weighted by Crippen LogP contribution is -2.38. The van der Waals surface area contributed by atoms with Crippen LogP contribution in [0.1, 0.15) is 113 Å². The van der Waals surface area contributed by atoms with Gasteiger partial charge in [-0.05, 0) is 66.7 Å². The SMILES string of the molecule is CC.CC(C)(C)OC(N)=O.CCOC(=O)[C@@H](CCC(F)(F)CCCCCCC(=O)N1CCC[C@H]1C)NC=O.CO. The molecule has 1 fully saturated rings. The summed E-state index contributed by atoms with van der Waals surface area (Å²) in [4.78, 5) is 46.2. The number of hydrogen-bond acceptors (Lipinski definition) is 7. The monoisotopic (exact) mass is 583 g/mol. The van der Waals surface area contributed by atoms with Crippen LogP contribution in [-0.4, -0.2) is 78.3 Å². The number of aliphatic hydroxyl groups is 1. The number of amides is 3. The molecule has 1 aliphatic rings. The van der Waals surface area contributed by atoms with Gasteiger partial charge in [0.15, 0.2) is 0 Å². The van der Waals surface area contributed by atoms with E-state index >= 15 is 0 Å². The van der Waals surface area contributed by atoms with E-state index < -0.39 is 36.0 Å². The van der Waals surface area contributed by atoms with Crippen molar-refractivity contribution in [2.75, 3.05) is 20.3 Å². The van der Waals surface area contributed by atoms with Gasteiger partial charge in [0, 0.05) is 39.0 Å². The Morgan fingerprint density at radius 1 is 1.10 bits per heavy atom. The highest BCUT2D eigenvalue weighted by atomic mass is 19.3. The number of likely N-dealkylation sites (tertiary alicyclic amines) is 1. The fraction of sp³-hybridized carbons (Fsp3) is 0.857. The van der Waals surface area contributed by atoms with Gasteiger partial charge in [0.05, 0.1) is 6.61 Å². The van der Waals surface area contributed by atoms with Crippen molar-refractivity contribution in [1.29, 1.82) is 0 Å². The van der Waals surface area contributed by atoms with E-state index in [4.69, 9.17) is 15.6 Å². The number of nitrogens with two attached hydrogens (primary N) is 1. The van der Waals surface area contributed by atoms with Gasteiger partial charge in [0.1, 0.15) is 11.6 Å². The summed E-state index contributed by atoms with van der Waals surface area (Å²) in [7, 11) is 1.00. The molecule has 4 N–H and O–H groups in total. The molecule has 1 aliphatic heterocycles. The first-order valence-corrected chi connectivity index (χ1v) is 14.2. The van der Waals surface area contributed by atoms with Crippen molar-refractivity contribution in [3.63, 3.8) is 0 Å². The number of alkyl halides is 2. The van der Waals surface area contributed by atoms with Gasteiger partial charge in [-0.1, -0.05) is 26.7 Å². The summed E-state index contributed by atoms with van der Waals surface area (Å²) in [6.45, 7) is 13.9. The van der Waals surface area contributed by atoms with Crippen molar-refractivity contribution < 1.29 is 42.5 Å². The van der Waals surface area contributed by atoms with Gasteiger partial charge < -0.3 is 30.5 Å². The van der Waals surface area contributed by atoms with E-state index in [1.807, 2.05) is 18.7 Å². The predicted molar refractivity (Wildman–Crippen MR) is 152 cm³/mol. The first-order chi connectivity index (χ1) is 18.7. The largest absolute Gasteiger partial charge is 0.464 e. The Hall–Kier alpha value is -2.50. The predicted octanol–water partition coefficient (Wildman–Crippen LogP) is 4.95. The number of primary amides is 1. The molecular weight excluding hydrogens is 528 g/mol. The number of esters is 1. The van der Waals surface area contributed by atoms with Crippen LogP contribution < -0.4 is 11.1 Å². The van der Waals surface area contributed by atoms with Gasteiger partial charge in [0.25, 0.3) is 0 Å². The molecule has 3 amide bonds. The number of unbranched alkanes of at least 4 members (excludes halogenated alkanes) is 3. The normalized spacial score (nSPS) is 15.1. The summed E-state index contributed by atoms with van der Waals surface area (Å²) in [5, 5.41) is 9.24. The topological polar surface area (TPSA) is 148 Å². The summed E-state index contributed by atoms with van der Waals surface area (Å²) in [6, 6.07) is -0.722. The van der Waals surface area contributed by atoms with Crippen LogP contribution in [0.25, 0.3) is 0 Å². The maximum Gasteiger partial charge on any atom is 0.405 e. The standard InChI is InChI=1S/C20H34F2N2O4.C5H11NO2.C2H6.CH4O/c1-3-28-19(27)17(23-15-25)11-13-20(21,22)12-7-5-4-6-10-18(26)24-14-8-9-16(24)2;1-5(2,3)8-4(6)7;2*1-2/h15-17H,3-14H2,1-2H3,(H,23,25);1-3H3,(H2,6,7);1-2H3;2H,1H3/t16-,17-;;;/m1.../s1. The zero-order valence-electron chi connectivity index (χ0n) is 25.9. The number of carbonyl (C=O) groups is 4. The maximum atomic E-state index is 14.0. The number of aliphatic hydroxyl groups excluding tert-OH is 1. The first kappa shape index (κ1) is 42.0. The molecule has 0 aromatic heterocycles. The third kappa shape index (κ3) is 23.4. The van der Waals surface area contributed by atoms with E-state index in [2.05, 4.69) is 17.0 Å². The maximum absolute atomic E-state index is 14.0. The van der Waals surface area contributed by atoms with Crippen LogP contribution in [0.4, 0.5) is 13.6 Å². The second-order valence-electron chi connectivity index (χ2n) is 10.0. The van der Waals surface area contributed by atoms with Gasteiger partial charge in [-0.25, -0.2) is 18.4 Å². The molecule has 0 bridgehead atoms. The lowest BCUT2D eigenvalue weighted by atomic mass is 10.0. The number of carbonyl (C=O) groups excluding carboxylic acids is 4. The molecule has 0 radical (unpaired) electrons. The lowest BCUT2D eigenvalue weighted by Gasteiger charge is -2.21. The highest BCUT2D eigenvalue weighted by molar-refractivity contribution is 5.78. The Balaban J connectivity index is -0.000000964. The van der Waals surface area contributed by atoms with E-state index in [0.29, 0.717) is 31.7 Å². The average molecular weight is 584 g/mol. The number of nitrogens with one attached hydrogen (secondary N) is 1. The minimum Gasteiger partial charge on any atom is -0.464 e. The van der Waals surface area contributed by atoms with Crippen LogP contribution in [-0.2, 0) is 23.9 Å². The molecule has 10 nitrogen and oxygen atoms in total. The summed E-state index contributed by atoms with van der Waals surface area (Å²) in [5.41, 5.74) is 4.26. The number of ether oxygens (including phenoxy) is 2. The Labute approximate surface area is 239 Å². The smallest absolute Gasteiger partial charge is 0.405 e. The van der Waals surface area contributed by atoms with Gasteiger partial charge in [-0.2, -0.15) is 0 Å². The molecule has 0 saturated carbocycles. The molecule has 0 aromatic carbocycles. The molecule has 0 unspecified atom stereocenters. The summed E-state index contributed by atoms with van der Waals surface area (Å²) >= 11 is 0. The van der Waals surface area contributed by atoms with Crippen LogP contribution in [0.5, 0.6) is 0 Å². The summed E-state index contributed by atoms with van der Waals surface area (Å²) < 4.78 is 37.4. The Kier molecular flexibility index (Phi) is 25.5. The van der Waals surface area contributed by atoms with Gasteiger partial charge in [0.2, 0.25) is 18.2 Å². The molecule has 12 heteroatoms. The lowest BCUT2D eigenvalue weighted by molar-refractivity contribution is -0.147. The molecule has 1 rings (SSSR count). The molecule has 1 saturated heterocycles. The Bertz CT molecular complexity index is 689. The van der Waals surface area contributed by atoms with Crippen LogP contribution in [0.2, 0.25) is 0 Å². The first-order valence-electron chi connectivity index (χ1n) is 14.2. The molecule has 0 aliphatic carbocycles. The molecule has 40 heavy (non-hydrogen) atoms. The van der Waals surface area contributed by atoms with Gasteiger partial charge in [-0.15, -0.1) is 0 Å². The van der Waals surface area contributed by atoms with Crippen molar-refractivity contribution in [3.05, 3.63) is 0 Å². The number of nitrogens with zero attached hydrogens (tertiary/aromatic N) is 1. The fourth-order valence-corrected chi connectivity index (χ4v) is 3.84. The quantitative estimate of drug-likeness (QED) is 0.149. The molecule has 0 spiro atoms. The highest BCUT2D eigenvalue weighted by Crippen LogP contribution is 2.28. The van der Waals surface area contributed by atoms with E-state index in [1.54, 1.807) is 27.7 Å². The minimum atomic E-state index is -2.89. The summed E-state index contributed by atoms with van der Waals surface area (Å²) in [6.07, 6.45) is 3.78. The number of halogens is 2. The zero-order chi connectivity index (χ0) is 31.8. The second-order valence-corrected chi connectivity index (χ2v) is 10.0. The number of rotatable bonds is 14. The van der Waals surface area contributed by atoms with Crippen LogP contribution in [0.15, 0.2) is 0 Å². The fourth-order valence-electron chi connectivity index (χ4n) is 3.84. The molecule has 1 heterocycles. The van der Waals surface area contributed by atoms with E-state index in [1.165, 1.54) is 0 Å². The van der Waals surface area contributed by atoms with Crippen LogP contribution in [0, 0.1) is 0 Å². The molecule has 238 valence electrons. The third-order valence-corrected chi connectivity index (χ3v) is 5.60. The van der Waals surface area contributed by atoms with Crippen LogP contribution in [0.3, 0.4) is 0 Å². The van der Waals surface area contributed by atoms with Crippen molar-refractivity contribution in [1.82, 2.24) is 10.2 Å². The average Bonchev–Trinajstić information content (AvgIpc) is 3.31. The van der Waals surface area contributed by atoms with Crippen molar-refractivity contribution in [2.24, 2.45) is 5.73 Å². The number of hydrogen-bond donors (Lipinski definition) is 3. The Morgan fingerprint density at radius 2 is 1.68 bits per heavy atom. The van der Waals surface area contributed by atoms with Gasteiger partial charge >= 0.3 is 12.1 Å². The molecule has 2 atom stereocenters. The highest BCUT2D eigenvalue weighted by Gasteiger charge is 2.31. The molecule has 0 aromatic rings. The zero-order valence-corrected chi connectivity index (χ0v) is 25.9. The van der Waals surface area contributed by atoms with Gasteiger partial charge in [-0.3, -0.25) is 9.59 Å². The Morgan fingerprint density at radius 3 is 2.10 bits per heavy atom. The van der Waals surface area contributed by atoms with Crippen molar-refractivity contribution in [2.45, 2.75) is 136 Å². The van der Waals surface area contributed by atoms with E-state index in [0.717, 1.165) is 39.3 Å². The molecular formula is C28H55F2N3O7.